The SMILES string of the molecule is O=C(/C=C/c1ccccc1N1CCNCC1)NO. The Kier molecular flexibility index (Phi) is 4.33. The van der Waals surface area contributed by atoms with Crippen LogP contribution in [0.5, 0.6) is 0 Å². The molecule has 0 saturated carbocycles. The molecule has 3 N–H and O–H groups in total. The zero-order valence-electron chi connectivity index (χ0n) is 10.1. The minimum atomic E-state index is -0.523. The molecule has 2 rings (SSSR count). The van der Waals surface area contributed by atoms with Crippen LogP contribution in [0.2, 0.25) is 0 Å². The summed E-state index contributed by atoms with van der Waals surface area (Å²) in [7, 11) is 0. The molecule has 0 spiro atoms. The van der Waals surface area contributed by atoms with Crippen LogP contribution in [0.15, 0.2) is 30.3 Å². The molecule has 5 heteroatoms. The molecule has 0 aliphatic carbocycles. The number of piperazine rings is 1. The van der Waals surface area contributed by atoms with E-state index >= 15 is 0 Å². The van der Waals surface area contributed by atoms with Gasteiger partial charge in [-0.05, 0) is 17.7 Å². The maximum absolute atomic E-state index is 11.0. The number of nitrogens with zero attached hydrogens (tertiary/aromatic N) is 1. The molecule has 0 bridgehead atoms. The van der Waals surface area contributed by atoms with E-state index in [4.69, 9.17) is 5.21 Å². The van der Waals surface area contributed by atoms with Gasteiger partial charge in [0.05, 0.1) is 0 Å². The van der Waals surface area contributed by atoms with Crippen molar-refractivity contribution >= 4 is 17.7 Å². The number of carbonyl (C=O) groups excluding carboxylic acids is 1. The standard InChI is InChI=1S/C13H17N3O2/c17-13(15-18)6-5-11-3-1-2-4-12(11)16-9-7-14-8-10-16/h1-6,14,18H,7-10H2,(H,15,17)/b6-5+. The first-order valence-electron chi connectivity index (χ1n) is 5.98. The molecule has 96 valence electrons. The molecule has 0 radical (unpaired) electrons. The van der Waals surface area contributed by atoms with Crippen molar-refractivity contribution in [1.29, 1.82) is 0 Å². The Hall–Kier alpha value is -1.85. The number of anilines is 1. The highest BCUT2D eigenvalue weighted by atomic mass is 16.5. The van der Waals surface area contributed by atoms with Crippen molar-refractivity contribution < 1.29 is 10.0 Å². The third-order valence-corrected chi connectivity index (χ3v) is 2.92. The van der Waals surface area contributed by atoms with E-state index in [0.29, 0.717) is 0 Å². The fourth-order valence-electron chi connectivity index (χ4n) is 2.02. The number of amides is 1. The highest BCUT2D eigenvalue weighted by Gasteiger charge is 2.12. The van der Waals surface area contributed by atoms with Gasteiger partial charge >= 0.3 is 0 Å². The van der Waals surface area contributed by atoms with Crippen molar-refractivity contribution in [2.75, 3.05) is 31.1 Å². The number of hydrogen-bond acceptors (Lipinski definition) is 4. The van der Waals surface area contributed by atoms with E-state index in [0.717, 1.165) is 37.4 Å². The van der Waals surface area contributed by atoms with E-state index in [2.05, 4.69) is 10.2 Å². The Morgan fingerprint density at radius 1 is 1.33 bits per heavy atom. The van der Waals surface area contributed by atoms with Gasteiger partial charge in [0.2, 0.25) is 0 Å². The number of nitrogens with one attached hydrogen (secondary N) is 2. The zero-order chi connectivity index (χ0) is 12.8. The molecular formula is C13H17N3O2. The molecule has 1 saturated heterocycles. The summed E-state index contributed by atoms with van der Waals surface area (Å²) in [6.07, 6.45) is 3.03. The third kappa shape index (κ3) is 3.09. The maximum Gasteiger partial charge on any atom is 0.267 e. The Labute approximate surface area is 106 Å². The van der Waals surface area contributed by atoms with Gasteiger partial charge in [-0.1, -0.05) is 18.2 Å². The van der Waals surface area contributed by atoms with Crippen LogP contribution in [0.1, 0.15) is 5.56 Å². The molecule has 1 aromatic rings. The summed E-state index contributed by atoms with van der Waals surface area (Å²) in [5, 5.41) is 11.8. The lowest BCUT2D eigenvalue weighted by Gasteiger charge is -2.30. The topological polar surface area (TPSA) is 64.6 Å². The quantitative estimate of drug-likeness (QED) is 0.416. The number of para-hydroxylation sites is 1. The predicted octanol–water partition coefficient (Wildman–Crippen LogP) is 0.615. The van der Waals surface area contributed by atoms with Gasteiger partial charge in [0.15, 0.2) is 0 Å². The minimum Gasteiger partial charge on any atom is -0.369 e. The molecular weight excluding hydrogens is 230 g/mol. The monoisotopic (exact) mass is 247 g/mol. The van der Waals surface area contributed by atoms with Gasteiger partial charge in [0.25, 0.3) is 5.91 Å². The summed E-state index contributed by atoms with van der Waals surface area (Å²) in [5.74, 6) is -0.523. The van der Waals surface area contributed by atoms with Gasteiger partial charge in [-0.3, -0.25) is 10.0 Å². The number of carbonyl (C=O) groups is 1. The lowest BCUT2D eigenvalue weighted by molar-refractivity contribution is -0.124. The molecule has 1 heterocycles. The normalized spacial score (nSPS) is 15.9. The second-order valence-electron chi connectivity index (χ2n) is 4.11. The first kappa shape index (κ1) is 12.6. The molecule has 1 amide bonds. The smallest absolute Gasteiger partial charge is 0.267 e. The Morgan fingerprint density at radius 3 is 2.78 bits per heavy atom. The fraction of sp³-hybridized carbons (Fsp3) is 0.308. The summed E-state index contributed by atoms with van der Waals surface area (Å²) < 4.78 is 0. The van der Waals surface area contributed by atoms with Crippen molar-refractivity contribution in [2.24, 2.45) is 0 Å². The van der Waals surface area contributed by atoms with Gasteiger partial charge < -0.3 is 10.2 Å². The fourth-order valence-corrected chi connectivity index (χ4v) is 2.02. The number of rotatable bonds is 3. The van der Waals surface area contributed by atoms with Gasteiger partial charge in [0, 0.05) is 37.9 Å². The minimum absolute atomic E-state index is 0.523. The van der Waals surface area contributed by atoms with Crippen LogP contribution in [-0.2, 0) is 4.79 Å². The molecule has 0 atom stereocenters. The van der Waals surface area contributed by atoms with Crippen LogP contribution in [0.25, 0.3) is 6.08 Å². The average Bonchev–Trinajstić information content (AvgIpc) is 2.46. The van der Waals surface area contributed by atoms with Crippen LogP contribution in [0, 0.1) is 0 Å². The van der Waals surface area contributed by atoms with E-state index in [1.807, 2.05) is 24.3 Å². The second-order valence-corrected chi connectivity index (χ2v) is 4.11. The van der Waals surface area contributed by atoms with E-state index in [-0.39, 0.29) is 0 Å². The first-order valence-corrected chi connectivity index (χ1v) is 5.98. The summed E-state index contributed by atoms with van der Waals surface area (Å²) in [5.41, 5.74) is 3.67. The van der Waals surface area contributed by atoms with Crippen LogP contribution in [0.4, 0.5) is 5.69 Å². The van der Waals surface area contributed by atoms with Crippen LogP contribution >= 0.6 is 0 Å². The molecule has 1 aliphatic rings. The highest BCUT2D eigenvalue weighted by Crippen LogP contribution is 2.21. The lowest BCUT2D eigenvalue weighted by Crippen LogP contribution is -2.43. The van der Waals surface area contributed by atoms with Gasteiger partial charge in [-0.15, -0.1) is 0 Å². The van der Waals surface area contributed by atoms with Crippen molar-refractivity contribution in [3.63, 3.8) is 0 Å². The van der Waals surface area contributed by atoms with E-state index in [1.165, 1.54) is 6.08 Å². The molecule has 5 nitrogen and oxygen atoms in total. The summed E-state index contributed by atoms with van der Waals surface area (Å²) in [6, 6.07) is 7.92. The maximum atomic E-state index is 11.0. The number of hydroxylamine groups is 1. The Balaban J connectivity index is 2.19. The number of benzene rings is 1. The molecule has 0 aromatic heterocycles. The summed E-state index contributed by atoms with van der Waals surface area (Å²) in [6.45, 7) is 3.85. The van der Waals surface area contributed by atoms with Crippen molar-refractivity contribution in [2.45, 2.75) is 0 Å². The molecule has 0 unspecified atom stereocenters. The molecule has 1 aliphatic heterocycles. The highest BCUT2D eigenvalue weighted by molar-refractivity contribution is 5.91. The van der Waals surface area contributed by atoms with E-state index < -0.39 is 5.91 Å². The van der Waals surface area contributed by atoms with E-state index in [9.17, 15) is 4.79 Å². The average molecular weight is 247 g/mol. The third-order valence-electron chi connectivity index (χ3n) is 2.92. The van der Waals surface area contributed by atoms with Crippen LogP contribution in [-0.4, -0.2) is 37.3 Å². The second kappa shape index (κ2) is 6.18. The molecule has 1 fully saturated rings. The van der Waals surface area contributed by atoms with Crippen LogP contribution < -0.4 is 15.7 Å². The van der Waals surface area contributed by atoms with E-state index in [1.54, 1.807) is 11.6 Å². The largest absolute Gasteiger partial charge is 0.369 e. The van der Waals surface area contributed by atoms with Crippen molar-refractivity contribution in [3.8, 4) is 0 Å². The summed E-state index contributed by atoms with van der Waals surface area (Å²) in [4.78, 5) is 13.3. The number of hydrogen-bond donors (Lipinski definition) is 3. The van der Waals surface area contributed by atoms with Gasteiger partial charge in [0.1, 0.15) is 0 Å². The van der Waals surface area contributed by atoms with Crippen LogP contribution in [0.3, 0.4) is 0 Å². The first-order chi connectivity index (χ1) is 8.81. The van der Waals surface area contributed by atoms with Crippen molar-refractivity contribution in [3.05, 3.63) is 35.9 Å². The summed E-state index contributed by atoms with van der Waals surface area (Å²) >= 11 is 0. The Morgan fingerprint density at radius 2 is 2.06 bits per heavy atom. The Bertz CT molecular complexity index is 440. The van der Waals surface area contributed by atoms with Crippen molar-refractivity contribution in [1.82, 2.24) is 10.8 Å². The molecule has 18 heavy (non-hydrogen) atoms. The molecule has 1 aromatic carbocycles. The predicted molar refractivity (Wildman–Crippen MR) is 70.5 cm³/mol. The van der Waals surface area contributed by atoms with Gasteiger partial charge in [-0.2, -0.15) is 0 Å². The zero-order valence-corrected chi connectivity index (χ0v) is 10.1. The van der Waals surface area contributed by atoms with Gasteiger partial charge in [-0.25, -0.2) is 5.48 Å². The lowest BCUT2D eigenvalue weighted by atomic mass is 10.1.